The van der Waals surface area contributed by atoms with E-state index in [1.807, 2.05) is 12.1 Å². The van der Waals surface area contributed by atoms with E-state index in [2.05, 4.69) is 10.6 Å². The zero-order valence-corrected chi connectivity index (χ0v) is 15.3. The molecule has 0 aliphatic rings. The third kappa shape index (κ3) is 5.36. The Kier molecular flexibility index (Phi) is 5.78. The molecule has 0 radical (unpaired) electrons. The van der Waals surface area contributed by atoms with Gasteiger partial charge in [-0.05, 0) is 60.2 Å². The summed E-state index contributed by atoms with van der Waals surface area (Å²) in [6.07, 6.45) is 3.20. The van der Waals surface area contributed by atoms with Gasteiger partial charge < -0.3 is 10.6 Å². The number of carbonyl (C=O) groups is 2. The quantitative estimate of drug-likeness (QED) is 0.600. The smallest absolute Gasteiger partial charge is 0.248 e. The van der Waals surface area contributed by atoms with Crippen molar-refractivity contribution in [2.24, 2.45) is 0 Å². The number of hydrogen-bond donors (Lipinski definition) is 2. The van der Waals surface area contributed by atoms with E-state index in [0.29, 0.717) is 11.4 Å². The molecule has 1 aromatic heterocycles. The summed E-state index contributed by atoms with van der Waals surface area (Å²) in [7, 11) is 0. The maximum atomic E-state index is 13.0. The monoisotopic (exact) mass is 380 g/mol. The molecule has 0 aliphatic carbocycles. The van der Waals surface area contributed by atoms with E-state index in [9.17, 15) is 14.0 Å². The van der Waals surface area contributed by atoms with Gasteiger partial charge in [-0.3, -0.25) is 9.59 Å². The van der Waals surface area contributed by atoms with Gasteiger partial charge in [0.1, 0.15) is 5.82 Å². The molecule has 1 heterocycles. The fraction of sp³-hybridized carbons (Fsp3) is 0.0476. The van der Waals surface area contributed by atoms with Crippen molar-refractivity contribution in [1.29, 1.82) is 0 Å². The van der Waals surface area contributed by atoms with Crippen LogP contribution in [-0.4, -0.2) is 11.8 Å². The molecule has 0 atom stereocenters. The maximum Gasteiger partial charge on any atom is 0.248 e. The van der Waals surface area contributed by atoms with Gasteiger partial charge in [0.05, 0.1) is 0 Å². The molecule has 2 aromatic carbocycles. The van der Waals surface area contributed by atoms with E-state index in [0.717, 1.165) is 15.3 Å². The van der Waals surface area contributed by atoms with Gasteiger partial charge in [0.2, 0.25) is 11.8 Å². The first-order valence-corrected chi connectivity index (χ1v) is 9.04. The Bertz CT molecular complexity index is 976. The normalized spacial score (nSPS) is 10.7. The number of carbonyl (C=O) groups excluding carboxylic acids is 2. The van der Waals surface area contributed by atoms with Gasteiger partial charge >= 0.3 is 0 Å². The Labute approximate surface area is 160 Å². The Balaban J connectivity index is 1.60. The summed E-state index contributed by atoms with van der Waals surface area (Å²) in [6, 6.07) is 17.0. The molecule has 6 heteroatoms. The standard InChI is InChI=1S/C21H17FN2O2S/c1-14(25)23-17-6-8-18(9-7-17)24-21(26)13-11-19-10-12-20(27-19)15-2-4-16(22)5-3-15/h2-13H,1H3,(H,23,25)(H,24,26)/b13-11+. The van der Waals surface area contributed by atoms with Crippen LogP contribution in [0.4, 0.5) is 15.8 Å². The highest BCUT2D eigenvalue weighted by Gasteiger charge is 2.03. The lowest BCUT2D eigenvalue weighted by Gasteiger charge is -2.05. The van der Waals surface area contributed by atoms with Gasteiger partial charge in [-0.15, -0.1) is 11.3 Å². The number of nitrogens with one attached hydrogen (secondary N) is 2. The molecular formula is C21H17FN2O2S. The van der Waals surface area contributed by atoms with E-state index in [1.165, 1.54) is 36.5 Å². The van der Waals surface area contributed by atoms with E-state index < -0.39 is 0 Å². The second kappa shape index (κ2) is 8.42. The minimum Gasteiger partial charge on any atom is -0.326 e. The van der Waals surface area contributed by atoms with Crippen molar-refractivity contribution in [3.05, 3.63) is 77.4 Å². The Morgan fingerprint density at radius 3 is 2.15 bits per heavy atom. The van der Waals surface area contributed by atoms with Crippen LogP contribution < -0.4 is 10.6 Å². The van der Waals surface area contributed by atoms with Gasteiger partial charge in [-0.1, -0.05) is 12.1 Å². The summed E-state index contributed by atoms with van der Waals surface area (Å²) in [5, 5.41) is 5.43. The molecule has 0 bridgehead atoms. The summed E-state index contributed by atoms with van der Waals surface area (Å²) >= 11 is 1.52. The fourth-order valence-electron chi connectivity index (χ4n) is 2.39. The summed E-state index contributed by atoms with van der Waals surface area (Å²) in [5.41, 5.74) is 2.24. The van der Waals surface area contributed by atoms with Gasteiger partial charge in [-0.25, -0.2) is 4.39 Å². The molecule has 2 amide bonds. The van der Waals surface area contributed by atoms with Crippen LogP contribution in [0.3, 0.4) is 0 Å². The third-order valence-electron chi connectivity index (χ3n) is 3.63. The second-order valence-corrected chi connectivity index (χ2v) is 6.91. The Morgan fingerprint density at radius 2 is 1.52 bits per heavy atom. The zero-order valence-electron chi connectivity index (χ0n) is 14.5. The minimum absolute atomic E-state index is 0.148. The average Bonchev–Trinajstić information content (AvgIpc) is 3.11. The largest absolute Gasteiger partial charge is 0.326 e. The van der Waals surface area contributed by atoms with Crippen molar-refractivity contribution in [3.63, 3.8) is 0 Å². The molecule has 27 heavy (non-hydrogen) atoms. The minimum atomic E-state index is -0.266. The highest BCUT2D eigenvalue weighted by Crippen LogP contribution is 2.29. The average molecular weight is 380 g/mol. The molecule has 0 fully saturated rings. The first-order valence-electron chi connectivity index (χ1n) is 8.22. The van der Waals surface area contributed by atoms with Crippen molar-refractivity contribution in [2.45, 2.75) is 6.92 Å². The number of anilines is 2. The summed E-state index contributed by atoms with van der Waals surface area (Å²) in [5.74, 6) is -0.665. The Hall–Kier alpha value is -3.25. The van der Waals surface area contributed by atoms with Crippen LogP contribution in [-0.2, 0) is 9.59 Å². The molecule has 2 N–H and O–H groups in total. The molecule has 0 saturated carbocycles. The van der Waals surface area contributed by atoms with Gasteiger partial charge in [0, 0.05) is 34.1 Å². The lowest BCUT2D eigenvalue weighted by atomic mass is 10.2. The predicted molar refractivity (Wildman–Crippen MR) is 108 cm³/mol. The molecule has 0 spiro atoms. The summed E-state index contributed by atoms with van der Waals surface area (Å²) in [6.45, 7) is 1.44. The summed E-state index contributed by atoms with van der Waals surface area (Å²) < 4.78 is 13.0. The van der Waals surface area contributed by atoms with Gasteiger partial charge in [-0.2, -0.15) is 0 Å². The van der Waals surface area contributed by atoms with Gasteiger partial charge in [0.25, 0.3) is 0 Å². The van der Waals surface area contributed by atoms with Crippen LogP contribution >= 0.6 is 11.3 Å². The highest BCUT2D eigenvalue weighted by atomic mass is 32.1. The van der Waals surface area contributed by atoms with Crippen LogP contribution in [0.15, 0.2) is 66.7 Å². The van der Waals surface area contributed by atoms with Crippen LogP contribution in [0.1, 0.15) is 11.8 Å². The lowest BCUT2D eigenvalue weighted by Crippen LogP contribution is -2.08. The van der Waals surface area contributed by atoms with Crippen LogP contribution in [0.5, 0.6) is 0 Å². The van der Waals surface area contributed by atoms with Crippen LogP contribution in [0, 0.1) is 5.82 Å². The SMILES string of the molecule is CC(=O)Nc1ccc(NC(=O)/C=C/c2ccc(-c3ccc(F)cc3)s2)cc1. The number of amides is 2. The van der Waals surface area contributed by atoms with E-state index in [4.69, 9.17) is 0 Å². The van der Waals surface area contributed by atoms with Gasteiger partial charge in [0.15, 0.2) is 0 Å². The van der Waals surface area contributed by atoms with Crippen molar-refractivity contribution in [1.82, 2.24) is 0 Å². The lowest BCUT2D eigenvalue weighted by molar-refractivity contribution is -0.114. The van der Waals surface area contributed by atoms with E-state index in [-0.39, 0.29) is 17.6 Å². The molecule has 3 aromatic rings. The number of thiophene rings is 1. The van der Waals surface area contributed by atoms with Crippen molar-refractivity contribution in [2.75, 3.05) is 10.6 Å². The zero-order chi connectivity index (χ0) is 19.2. The summed E-state index contributed by atoms with van der Waals surface area (Å²) in [4.78, 5) is 25.0. The Morgan fingerprint density at radius 1 is 0.889 bits per heavy atom. The molecule has 136 valence electrons. The predicted octanol–water partition coefficient (Wildman–Crippen LogP) is 5.16. The number of hydrogen-bond acceptors (Lipinski definition) is 3. The fourth-order valence-corrected chi connectivity index (χ4v) is 3.31. The van der Waals surface area contributed by atoms with Crippen molar-refractivity contribution >= 4 is 40.6 Å². The van der Waals surface area contributed by atoms with Crippen LogP contribution in [0.2, 0.25) is 0 Å². The van der Waals surface area contributed by atoms with Crippen molar-refractivity contribution < 1.29 is 14.0 Å². The molecule has 0 saturated heterocycles. The number of benzene rings is 2. The van der Waals surface area contributed by atoms with Crippen molar-refractivity contribution in [3.8, 4) is 10.4 Å². The molecule has 4 nitrogen and oxygen atoms in total. The third-order valence-corrected chi connectivity index (χ3v) is 4.73. The molecular weight excluding hydrogens is 363 g/mol. The second-order valence-electron chi connectivity index (χ2n) is 5.79. The highest BCUT2D eigenvalue weighted by molar-refractivity contribution is 7.16. The maximum absolute atomic E-state index is 13.0. The molecule has 0 aliphatic heterocycles. The van der Waals surface area contributed by atoms with E-state index in [1.54, 1.807) is 42.5 Å². The van der Waals surface area contributed by atoms with Crippen LogP contribution in [0.25, 0.3) is 16.5 Å². The number of rotatable bonds is 5. The first-order chi connectivity index (χ1) is 13.0. The van der Waals surface area contributed by atoms with E-state index >= 15 is 0 Å². The first kappa shape index (κ1) is 18.5. The topological polar surface area (TPSA) is 58.2 Å². The molecule has 0 unspecified atom stereocenters. The number of halogens is 1. The molecule has 3 rings (SSSR count).